The predicted molar refractivity (Wildman–Crippen MR) is 119 cm³/mol. The van der Waals surface area contributed by atoms with Gasteiger partial charge in [-0.15, -0.1) is 24.0 Å². The molecule has 8 heteroatoms. The number of hydrogen-bond donors (Lipinski definition) is 2. The van der Waals surface area contributed by atoms with Crippen LogP contribution in [0.25, 0.3) is 0 Å². The Morgan fingerprint density at radius 2 is 1.89 bits per heavy atom. The first-order chi connectivity index (χ1) is 12.7. The predicted octanol–water partition coefficient (Wildman–Crippen LogP) is 3.69. The summed E-state index contributed by atoms with van der Waals surface area (Å²) in [6.07, 6.45) is 2.75. The van der Waals surface area contributed by atoms with Crippen LogP contribution in [0.2, 0.25) is 0 Å². The molecule has 0 saturated carbocycles. The van der Waals surface area contributed by atoms with Crippen LogP contribution in [0.1, 0.15) is 18.9 Å². The van der Waals surface area contributed by atoms with Gasteiger partial charge in [0.1, 0.15) is 0 Å². The molecule has 0 bridgehead atoms. The number of anilines is 1. The van der Waals surface area contributed by atoms with E-state index in [1.165, 1.54) is 0 Å². The lowest BCUT2D eigenvalue weighted by molar-refractivity contribution is 0.305. The number of ether oxygens (including phenoxy) is 3. The van der Waals surface area contributed by atoms with E-state index in [1.807, 2.05) is 30.3 Å². The van der Waals surface area contributed by atoms with Gasteiger partial charge in [0, 0.05) is 37.6 Å². The normalized spacial score (nSPS) is 10.6. The number of methoxy groups -OCH3 is 2. The Morgan fingerprint density at radius 3 is 2.48 bits per heavy atom. The van der Waals surface area contributed by atoms with E-state index in [-0.39, 0.29) is 24.0 Å². The molecule has 2 N–H and O–H groups in total. The Balaban J connectivity index is 0.00000364. The molecule has 0 aliphatic carbocycles. The molecule has 2 aromatic rings. The van der Waals surface area contributed by atoms with Gasteiger partial charge in [-0.25, -0.2) is 4.98 Å². The number of aromatic nitrogens is 1. The minimum Gasteiger partial charge on any atom is -0.493 e. The van der Waals surface area contributed by atoms with E-state index in [0.717, 1.165) is 17.7 Å². The summed E-state index contributed by atoms with van der Waals surface area (Å²) in [5.74, 6) is 2.62. The van der Waals surface area contributed by atoms with E-state index in [4.69, 9.17) is 14.2 Å². The summed E-state index contributed by atoms with van der Waals surface area (Å²) in [5.41, 5.74) is 1.88. The monoisotopic (exact) mass is 486 g/mol. The number of hydrogen-bond acceptors (Lipinski definition) is 5. The van der Waals surface area contributed by atoms with Crippen molar-refractivity contribution in [3.05, 3.63) is 42.1 Å². The molecule has 0 saturated heterocycles. The third-order valence-electron chi connectivity index (χ3n) is 3.58. The molecule has 2 rings (SSSR count). The lowest BCUT2D eigenvalue weighted by Crippen LogP contribution is -2.30. The van der Waals surface area contributed by atoms with Crippen LogP contribution in [0.3, 0.4) is 0 Å². The molecular weight excluding hydrogens is 459 g/mol. The Morgan fingerprint density at radius 1 is 1.11 bits per heavy atom. The van der Waals surface area contributed by atoms with Crippen LogP contribution in [0.4, 0.5) is 5.69 Å². The number of guanidine groups is 1. The number of benzene rings is 1. The number of pyridine rings is 1. The van der Waals surface area contributed by atoms with Crippen molar-refractivity contribution in [3.8, 4) is 17.4 Å². The molecule has 148 valence electrons. The number of rotatable bonds is 8. The zero-order valence-corrected chi connectivity index (χ0v) is 18.4. The van der Waals surface area contributed by atoms with Gasteiger partial charge in [-0.05, 0) is 24.1 Å². The third kappa shape index (κ3) is 7.12. The van der Waals surface area contributed by atoms with E-state index in [9.17, 15) is 0 Å². The molecule has 1 aromatic heterocycles. The second-order valence-electron chi connectivity index (χ2n) is 5.47. The molecule has 1 heterocycles. The van der Waals surface area contributed by atoms with E-state index in [0.29, 0.717) is 36.5 Å². The van der Waals surface area contributed by atoms with Crippen LogP contribution in [-0.2, 0) is 6.54 Å². The highest BCUT2D eigenvalue weighted by Crippen LogP contribution is 2.29. The van der Waals surface area contributed by atoms with Crippen LogP contribution in [0.15, 0.2) is 41.5 Å². The lowest BCUT2D eigenvalue weighted by Gasteiger charge is -2.14. The number of nitrogens with zero attached hydrogens (tertiary/aromatic N) is 2. The molecule has 7 nitrogen and oxygen atoms in total. The maximum Gasteiger partial charge on any atom is 0.213 e. The van der Waals surface area contributed by atoms with Crippen molar-refractivity contribution in [1.82, 2.24) is 10.3 Å². The first kappa shape index (κ1) is 22.8. The average Bonchev–Trinajstić information content (AvgIpc) is 2.70. The van der Waals surface area contributed by atoms with Gasteiger partial charge in [0.05, 0.1) is 20.8 Å². The van der Waals surface area contributed by atoms with Gasteiger partial charge in [-0.2, -0.15) is 0 Å². The van der Waals surface area contributed by atoms with Crippen LogP contribution >= 0.6 is 24.0 Å². The standard InChI is InChI=1S/C19H26N4O3.HI/c1-5-10-26-18-9-6-14(12-21-18)13-22-19(20-2)23-15-7-8-16(24-3)17(11-15)25-4;/h6-9,11-12H,5,10,13H2,1-4H3,(H2,20,22,23);1H. The van der Waals surface area contributed by atoms with Gasteiger partial charge < -0.3 is 24.8 Å². The summed E-state index contributed by atoms with van der Waals surface area (Å²) < 4.78 is 16.0. The zero-order valence-electron chi connectivity index (χ0n) is 16.1. The molecule has 0 spiro atoms. The largest absolute Gasteiger partial charge is 0.493 e. The first-order valence-corrected chi connectivity index (χ1v) is 8.47. The second-order valence-corrected chi connectivity index (χ2v) is 5.47. The van der Waals surface area contributed by atoms with Gasteiger partial charge in [0.2, 0.25) is 5.88 Å². The molecule has 0 fully saturated rings. The molecule has 0 amide bonds. The number of aliphatic imine (C=N–C) groups is 1. The van der Waals surface area contributed by atoms with Crippen LogP contribution in [-0.4, -0.2) is 38.8 Å². The smallest absolute Gasteiger partial charge is 0.213 e. The topological polar surface area (TPSA) is 77.0 Å². The third-order valence-corrected chi connectivity index (χ3v) is 3.58. The summed E-state index contributed by atoms with van der Waals surface area (Å²) in [7, 11) is 4.93. The van der Waals surface area contributed by atoms with Crippen LogP contribution in [0, 0.1) is 0 Å². The van der Waals surface area contributed by atoms with Crippen molar-refractivity contribution < 1.29 is 14.2 Å². The van der Waals surface area contributed by atoms with Crippen molar-refractivity contribution in [3.63, 3.8) is 0 Å². The summed E-state index contributed by atoms with van der Waals surface area (Å²) in [4.78, 5) is 8.52. The Labute approximate surface area is 177 Å². The average molecular weight is 486 g/mol. The minimum atomic E-state index is 0. The molecular formula is C19H27IN4O3. The molecule has 0 aliphatic heterocycles. The first-order valence-electron chi connectivity index (χ1n) is 8.47. The SMILES string of the molecule is CCCOc1ccc(CNC(=NC)Nc2ccc(OC)c(OC)c2)cn1.I. The van der Waals surface area contributed by atoms with Crippen LogP contribution < -0.4 is 24.8 Å². The number of halogens is 1. The van der Waals surface area contributed by atoms with Gasteiger partial charge >= 0.3 is 0 Å². The molecule has 1 aromatic carbocycles. The van der Waals surface area contributed by atoms with Crippen molar-refractivity contribution in [2.24, 2.45) is 4.99 Å². The van der Waals surface area contributed by atoms with Gasteiger partial charge in [0.15, 0.2) is 17.5 Å². The van der Waals surface area contributed by atoms with Crippen molar-refractivity contribution in [1.29, 1.82) is 0 Å². The highest BCUT2D eigenvalue weighted by Gasteiger charge is 2.06. The van der Waals surface area contributed by atoms with E-state index in [2.05, 4.69) is 27.5 Å². The highest BCUT2D eigenvalue weighted by molar-refractivity contribution is 14.0. The summed E-state index contributed by atoms with van der Waals surface area (Å²) in [5, 5.41) is 6.47. The second kappa shape index (κ2) is 12.2. The van der Waals surface area contributed by atoms with Crippen LogP contribution in [0.5, 0.6) is 17.4 Å². The van der Waals surface area contributed by atoms with E-state index < -0.39 is 0 Å². The van der Waals surface area contributed by atoms with Crippen molar-refractivity contribution in [2.45, 2.75) is 19.9 Å². The molecule has 0 atom stereocenters. The van der Waals surface area contributed by atoms with Gasteiger partial charge in [-0.1, -0.05) is 13.0 Å². The molecule has 27 heavy (non-hydrogen) atoms. The fourth-order valence-corrected chi connectivity index (χ4v) is 2.22. The van der Waals surface area contributed by atoms with Gasteiger partial charge in [0.25, 0.3) is 0 Å². The lowest BCUT2D eigenvalue weighted by atomic mass is 10.2. The summed E-state index contributed by atoms with van der Waals surface area (Å²) >= 11 is 0. The molecule has 0 unspecified atom stereocenters. The van der Waals surface area contributed by atoms with E-state index in [1.54, 1.807) is 27.5 Å². The quantitative estimate of drug-likeness (QED) is 0.337. The van der Waals surface area contributed by atoms with Crippen molar-refractivity contribution in [2.75, 3.05) is 33.2 Å². The summed E-state index contributed by atoms with van der Waals surface area (Å²) in [6.45, 7) is 3.33. The fourth-order valence-electron chi connectivity index (χ4n) is 2.22. The fraction of sp³-hybridized carbons (Fsp3) is 0.368. The highest BCUT2D eigenvalue weighted by atomic mass is 127. The minimum absolute atomic E-state index is 0. The Hall–Kier alpha value is -2.23. The Kier molecular flexibility index (Phi) is 10.3. The number of nitrogens with one attached hydrogen (secondary N) is 2. The summed E-state index contributed by atoms with van der Waals surface area (Å²) in [6, 6.07) is 9.45. The molecule has 0 aliphatic rings. The molecule has 0 radical (unpaired) electrons. The van der Waals surface area contributed by atoms with Crippen molar-refractivity contribution >= 4 is 35.6 Å². The maximum atomic E-state index is 5.49. The Bertz CT molecular complexity index is 723. The zero-order chi connectivity index (χ0) is 18.8. The van der Waals surface area contributed by atoms with E-state index >= 15 is 0 Å². The maximum absolute atomic E-state index is 5.49. The van der Waals surface area contributed by atoms with Gasteiger partial charge in [-0.3, -0.25) is 4.99 Å².